The van der Waals surface area contributed by atoms with E-state index in [1.165, 1.54) is 0 Å². The Bertz CT molecular complexity index is 650. The first-order chi connectivity index (χ1) is 9.51. The van der Waals surface area contributed by atoms with Crippen molar-refractivity contribution in [1.29, 1.82) is 0 Å². The van der Waals surface area contributed by atoms with Gasteiger partial charge in [0, 0.05) is 5.69 Å². The quantitative estimate of drug-likeness (QED) is 0.889. The summed E-state index contributed by atoms with van der Waals surface area (Å²) in [5, 5.41) is 12.4. The van der Waals surface area contributed by atoms with E-state index in [1.807, 2.05) is 38.1 Å². The van der Waals surface area contributed by atoms with E-state index in [4.69, 9.17) is 4.74 Å². The molecule has 0 heterocycles. The molecule has 20 heavy (non-hydrogen) atoms. The number of aryl methyl sites for hydroxylation is 2. The van der Waals surface area contributed by atoms with Crippen LogP contribution in [0.3, 0.4) is 0 Å². The molecule has 4 nitrogen and oxygen atoms in total. The summed E-state index contributed by atoms with van der Waals surface area (Å²) in [6.45, 7) is 3.81. The fourth-order valence-corrected chi connectivity index (χ4v) is 1.99. The molecule has 0 spiro atoms. The van der Waals surface area contributed by atoms with Gasteiger partial charge >= 0.3 is 5.97 Å². The molecule has 0 aromatic heterocycles. The van der Waals surface area contributed by atoms with Gasteiger partial charge in [-0.1, -0.05) is 11.6 Å². The predicted molar refractivity (Wildman–Crippen MR) is 79.2 cm³/mol. The van der Waals surface area contributed by atoms with Gasteiger partial charge in [0.2, 0.25) is 0 Å². The van der Waals surface area contributed by atoms with Gasteiger partial charge in [-0.25, -0.2) is 4.79 Å². The Kier molecular flexibility index (Phi) is 3.94. The molecule has 0 amide bonds. The molecule has 0 aliphatic carbocycles. The van der Waals surface area contributed by atoms with Crippen molar-refractivity contribution in [3.63, 3.8) is 0 Å². The second-order valence-electron chi connectivity index (χ2n) is 4.66. The van der Waals surface area contributed by atoms with Crippen molar-refractivity contribution in [3.8, 4) is 5.75 Å². The summed E-state index contributed by atoms with van der Waals surface area (Å²) in [4.78, 5) is 11.3. The number of aromatic carboxylic acids is 1. The number of carboxylic acids is 1. The Morgan fingerprint density at radius 2 is 1.80 bits per heavy atom. The first kappa shape index (κ1) is 13.9. The molecule has 2 aromatic carbocycles. The van der Waals surface area contributed by atoms with Crippen LogP contribution < -0.4 is 10.1 Å². The maximum Gasteiger partial charge on any atom is 0.337 e. The highest BCUT2D eigenvalue weighted by Gasteiger charge is 2.11. The smallest absolute Gasteiger partial charge is 0.337 e. The Hall–Kier alpha value is -2.49. The number of hydrogen-bond acceptors (Lipinski definition) is 3. The van der Waals surface area contributed by atoms with Gasteiger partial charge in [-0.15, -0.1) is 0 Å². The van der Waals surface area contributed by atoms with Gasteiger partial charge in [0.1, 0.15) is 5.75 Å². The van der Waals surface area contributed by atoms with E-state index in [0.29, 0.717) is 5.69 Å². The molecular formula is C16H17NO3. The minimum atomic E-state index is -0.942. The zero-order valence-electron chi connectivity index (χ0n) is 11.7. The van der Waals surface area contributed by atoms with E-state index < -0.39 is 5.97 Å². The summed E-state index contributed by atoms with van der Waals surface area (Å²) in [6, 6.07) is 10.9. The number of ether oxygens (including phenoxy) is 1. The fourth-order valence-electron chi connectivity index (χ4n) is 1.99. The third kappa shape index (κ3) is 2.91. The second kappa shape index (κ2) is 5.65. The SMILES string of the molecule is COc1ccc(Nc2ccc(C)cc2C(=O)O)c(C)c1. The van der Waals surface area contributed by atoms with E-state index in [0.717, 1.165) is 22.6 Å². The maximum atomic E-state index is 11.3. The highest BCUT2D eigenvalue weighted by atomic mass is 16.5. The number of methoxy groups -OCH3 is 1. The molecule has 2 rings (SSSR count). The molecule has 0 bridgehead atoms. The van der Waals surface area contributed by atoms with E-state index in [2.05, 4.69) is 5.32 Å². The van der Waals surface area contributed by atoms with Crippen LogP contribution in [0.5, 0.6) is 5.75 Å². The molecule has 0 saturated carbocycles. The molecule has 0 aliphatic rings. The highest BCUT2D eigenvalue weighted by Crippen LogP contribution is 2.27. The lowest BCUT2D eigenvalue weighted by Gasteiger charge is -2.13. The lowest BCUT2D eigenvalue weighted by atomic mass is 10.1. The zero-order valence-corrected chi connectivity index (χ0v) is 11.7. The molecule has 2 N–H and O–H groups in total. The van der Waals surface area contributed by atoms with Gasteiger partial charge in [-0.2, -0.15) is 0 Å². The van der Waals surface area contributed by atoms with Gasteiger partial charge in [-0.3, -0.25) is 0 Å². The first-order valence-corrected chi connectivity index (χ1v) is 6.27. The lowest BCUT2D eigenvalue weighted by molar-refractivity contribution is 0.0698. The van der Waals surface area contributed by atoms with Crippen molar-refractivity contribution in [3.05, 3.63) is 53.1 Å². The number of carbonyl (C=O) groups is 1. The standard InChI is InChI=1S/C16H17NO3/c1-10-4-6-15(13(8-10)16(18)19)17-14-7-5-12(20-3)9-11(14)2/h4-9,17H,1-3H3,(H,18,19). The van der Waals surface area contributed by atoms with Crippen molar-refractivity contribution in [2.45, 2.75) is 13.8 Å². The van der Waals surface area contributed by atoms with Gasteiger partial charge < -0.3 is 15.2 Å². The average molecular weight is 271 g/mol. The van der Waals surface area contributed by atoms with Crippen LogP contribution in [0.1, 0.15) is 21.5 Å². The van der Waals surface area contributed by atoms with Crippen LogP contribution >= 0.6 is 0 Å². The van der Waals surface area contributed by atoms with Crippen LogP contribution in [-0.2, 0) is 0 Å². The van der Waals surface area contributed by atoms with E-state index in [-0.39, 0.29) is 5.56 Å². The van der Waals surface area contributed by atoms with Crippen molar-refractivity contribution in [2.75, 3.05) is 12.4 Å². The van der Waals surface area contributed by atoms with Crippen LogP contribution in [0.4, 0.5) is 11.4 Å². The Morgan fingerprint density at radius 3 is 2.40 bits per heavy atom. The Balaban J connectivity index is 2.37. The molecule has 2 aromatic rings. The number of anilines is 2. The summed E-state index contributed by atoms with van der Waals surface area (Å²) >= 11 is 0. The predicted octanol–water partition coefficient (Wildman–Crippen LogP) is 3.75. The Morgan fingerprint density at radius 1 is 1.10 bits per heavy atom. The molecule has 4 heteroatoms. The number of carboxylic acid groups (broad SMARTS) is 1. The molecule has 0 unspecified atom stereocenters. The van der Waals surface area contributed by atoms with E-state index in [1.54, 1.807) is 19.2 Å². The molecule has 0 saturated heterocycles. The summed E-state index contributed by atoms with van der Waals surface area (Å²) in [7, 11) is 1.62. The van der Waals surface area contributed by atoms with E-state index in [9.17, 15) is 9.90 Å². The average Bonchev–Trinajstić information content (AvgIpc) is 2.42. The van der Waals surface area contributed by atoms with Gasteiger partial charge in [0.05, 0.1) is 18.4 Å². The molecule has 0 radical (unpaired) electrons. The van der Waals surface area contributed by atoms with Crippen molar-refractivity contribution in [2.24, 2.45) is 0 Å². The summed E-state index contributed by atoms with van der Waals surface area (Å²) in [6.07, 6.45) is 0. The number of hydrogen-bond donors (Lipinski definition) is 2. The normalized spacial score (nSPS) is 10.2. The minimum Gasteiger partial charge on any atom is -0.497 e. The van der Waals surface area contributed by atoms with Crippen LogP contribution in [0.25, 0.3) is 0 Å². The third-order valence-corrected chi connectivity index (χ3v) is 3.11. The largest absolute Gasteiger partial charge is 0.497 e. The zero-order chi connectivity index (χ0) is 14.7. The summed E-state index contributed by atoms with van der Waals surface area (Å²) in [5.41, 5.74) is 3.61. The molecule has 104 valence electrons. The fraction of sp³-hybridized carbons (Fsp3) is 0.188. The van der Waals surface area contributed by atoms with Crippen LogP contribution in [0, 0.1) is 13.8 Å². The lowest BCUT2D eigenvalue weighted by Crippen LogP contribution is -2.04. The second-order valence-corrected chi connectivity index (χ2v) is 4.66. The third-order valence-electron chi connectivity index (χ3n) is 3.11. The van der Waals surface area contributed by atoms with Crippen molar-refractivity contribution in [1.82, 2.24) is 0 Å². The Labute approximate surface area is 118 Å². The molecule has 0 atom stereocenters. The van der Waals surface area contributed by atoms with Gasteiger partial charge in [0.15, 0.2) is 0 Å². The van der Waals surface area contributed by atoms with Crippen LogP contribution in [-0.4, -0.2) is 18.2 Å². The molecule has 0 fully saturated rings. The summed E-state index contributed by atoms with van der Waals surface area (Å²) < 4.78 is 5.16. The van der Waals surface area contributed by atoms with Crippen LogP contribution in [0.2, 0.25) is 0 Å². The van der Waals surface area contributed by atoms with Crippen molar-refractivity contribution >= 4 is 17.3 Å². The monoisotopic (exact) mass is 271 g/mol. The molecular weight excluding hydrogens is 254 g/mol. The number of nitrogens with one attached hydrogen (secondary N) is 1. The highest BCUT2D eigenvalue weighted by molar-refractivity contribution is 5.95. The number of rotatable bonds is 4. The maximum absolute atomic E-state index is 11.3. The van der Waals surface area contributed by atoms with Gasteiger partial charge in [0.25, 0.3) is 0 Å². The first-order valence-electron chi connectivity index (χ1n) is 6.27. The van der Waals surface area contributed by atoms with Crippen molar-refractivity contribution < 1.29 is 14.6 Å². The topological polar surface area (TPSA) is 58.6 Å². The van der Waals surface area contributed by atoms with E-state index >= 15 is 0 Å². The molecule has 0 aliphatic heterocycles. The summed E-state index contributed by atoms with van der Waals surface area (Å²) in [5.74, 6) is -0.169. The van der Waals surface area contributed by atoms with Crippen LogP contribution in [0.15, 0.2) is 36.4 Å². The minimum absolute atomic E-state index is 0.264. The van der Waals surface area contributed by atoms with Gasteiger partial charge in [-0.05, 0) is 49.7 Å². The number of benzene rings is 2.